The molecule has 2 aromatic heterocycles. The van der Waals surface area contributed by atoms with Gasteiger partial charge in [-0.1, -0.05) is 5.21 Å². The van der Waals surface area contributed by atoms with Gasteiger partial charge in [0.25, 0.3) is 5.91 Å². The molecular weight excluding hydrogens is 280 g/mol. The average Bonchev–Trinajstić information content (AvgIpc) is 2.94. The first-order valence-corrected chi connectivity index (χ1v) is 7.30. The van der Waals surface area contributed by atoms with Crippen LogP contribution in [-0.2, 0) is 13.0 Å². The van der Waals surface area contributed by atoms with Crippen LogP contribution >= 0.6 is 0 Å². The van der Waals surface area contributed by atoms with Gasteiger partial charge in [-0.2, -0.15) is 0 Å². The first-order chi connectivity index (χ1) is 10.5. The van der Waals surface area contributed by atoms with Crippen LogP contribution in [0.1, 0.15) is 28.7 Å². The molecular formula is C15H22N6O. The van der Waals surface area contributed by atoms with Crippen LogP contribution in [0.5, 0.6) is 0 Å². The molecule has 7 nitrogen and oxygen atoms in total. The van der Waals surface area contributed by atoms with Crippen molar-refractivity contribution in [1.29, 1.82) is 0 Å². The van der Waals surface area contributed by atoms with E-state index in [-0.39, 0.29) is 11.9 Å². The molecule has 0 spiro atoms. The zero-order chi connectivity index (χ0) is 16.1. The van der Waals surface area contributed by atoms with Crippen molar-refractivity contribution in [2.45, 2.75) is 32.9 Å². The van der Waals surface area contributed by atoms with Crippen molar-refractivity contribution in [3.05, 3.63) is 41.5 Å². The molecule has 0 aliphatic heterocycles. The zero-order valence-corrected chi connectivity index (χ0v) is 13.2. The number of amides is 1. The van der Waals surface area contributed by atoms with Crippen molar-refractivity contribution in [1.82, 2.24) is 24.9 Å². The summed E-state index contributed by atoms with van der Waals surface area (Å²) in [4.78, 5) is 18.4. The van der Waals surface area contributed by atoms with Crippen LogP contribution < -0.4 is 5.73 Å². The molecule has 0 bridgehead atoms. The summed E-state index contributed by atoms with van der Waals surface area (Å²) in [7, 11) is 1.77. The number of aromatic nitrogens is 4. The number of hydrogen-bond acceptors (Lipinski definition) is 5. The quantitative estimate of drug-likeness (QED) is 0.846. The minimum absolute atomic E-state index is 0.0152. The Bertz CT molecular complexity index is 638. The highest BCUT2D eigenvalue weighted by molar-refractivity contribution is 5.91. The lowest BCUT2D eigenvalue weighted by Gasteiger charge is -2.23. The van der Waals surface area contributed by atoms with Gasteiger partial charge in [0.15, 0.2) is 5.69 Å². The van der Waals surface area contributed by atoms with Crippen LogP contribution in [0.2, 0.25) is 0 Å². The molecule has 1 atom stereocenters. The van der Waals surface area contributed by atoms with E-state index in [0.29, 0.717) is 25.2 Å². The fourth-order valence-corrected chi connectivity index (χ4v) is 2.17. The number of aryl methyl sites for hydroxylation is 1. The van der Waals surface area contributed by atoms with Crippen molar-refractivity contribution < 1.29 is 4.79 Å². The van der Waals surface area contributed by atoms with Crippen molar-refractivity contribution >= 4 is 5.91 Å². The SMILES string of the molecule is Cc1ccnc(CC(C)N(C)C(=O)c2cn(CCN)nn2)c1. The van der Waals surface area contributed by atoms with Gasteiger partial charge < -0.3 is 10.6 Å². The van der Waals surface area contributed by atoms with E-state index < -0.39 is 0 Å². The first-order valence-electron chi connectivity index (χ1n) is 7.30. The third-order valence-corrected chi connectivity index (χ3v) is 3.57. The second-order valence-electron chi connectivity index (χ2n) is 5.45. The number of carbonyl (C=O) groups excluding carboxylic acids is 1. The zero-order valence-electron chi connectivity index (χ0n) is 13.2. The number of nitrogens with two attached hydrogens (primary N) is 1. The largest absolute Gasteiger partial charge is 0.337 e. The highest BCUT2D eigenvalue weighted by Gasteiger charge is 2.21. The lowest BCUT2D eigenvalue weighted by molar-refractivity contribution is 0.0737. The van der Waals surface area contributed by atoms with Gasteiger partial charge in [0, 0.05) is 37.9 Å². The molecule has 7 heteroatoms. The lowest BCUT2D eigenvalue weighted by Crippen LogP contribution is -2.36. The third-order valence-electron chi connectivity index (χ3n) is 3.57. The Balaban J connectivity index is 2.02. The number of rotatable bonds is 6. The monoisotopic (exact) mass is 302 g/mol. The molecule has 2 N–H and O–H groups in total. The summed E-state index contributed by atoms with van der Waals surface area (Å²) in [6.45, 7) is 5.03. The fourth-order valence-electron chi connectivity index (χ4n) is 2.17. The Morgan fingerprint density at radius 3 is 2.95 bits per heavy atom. The molecule has 0 aromatic carbocycles. The summed E-state index contributed by atoms with van der Waals surface area (Å²) in [5.41, 5.74) is 7.93. The Labute approximate surface area is 130 Å². The molecule has 1 amide bonds. The van der Waals surface area contributed by atoms with Gasteiger partial charge in [0.05, 0.1) is 12.7 Å². The van der Waals surface area contributed by atoms with Gasteiger partial charge in [-0.3, -0.25) is 14.5 Å². The maximum atomic E-state index is 12.4. The molecule has 0 aliphatic carbocycles. The summed E-state index contributed by atoms with van der Waals surface area (Å²) in [5, 5.41) is 7.80. The van der Waals surface area contributed by atoms with E-state index in [4.69, 9.17) is 5.73 Å². The molecule has 0 fully saturated rings. The summed E-state index contributed by atoms with van der Waals surface area (Å²) >= 11 is 0. The molecule has 2 aromatic rings. The lowest BCUT2D eigenvalue weighted by atomic mass is 10.1. The van der Waals surface area contributed by atoms with Crippen LogP contribution in [0.15, 0.2) is 24.5 Å². The minimum atomic E-state index is -0.150. The fraction of sp³-hybridized carbons (Fsp3) is 0.467. The van der Waals surface area contributed by atoms with E-state index in [9.17, 15) is 4.79 Å². The smallest absolute Gasteiger partial charge is 0.276 e. The molecule has 22 heavy (non-hydrogen) atoms. The standard InChI is InChI=1S/C15H22N6O/c1-11-4-6-17-13(8-11)9-12(2)20(3)15(22)14-10-21(7-5-16)19-18-14/h4,6,8,10,12H,5,7,9,16H2,1-3H3. The van der Waals surface area contributed by atoms with E-state index in [1.54, 1.807) is 29.0 Å². The van der Waals surface area contributed by atoms with Gasteiger partial charge >= 0.3 is 0 Å². The van der Waals surface area contributed by atoms with E-state index in [2.05, 4.69) is 15.3 Å². The number of carbonyl (C=O) groups is 1. The molecule has 1 unspecified atom stereocenters. The average molecular weight is 302 g/mol. The Kier molecular flexibility index (Phi) is 5.21. The van der Waals surface area contributed by atoms with Crippen molar-refractivity contribution in [2.24, 2.45) is 5.73 Å². The minimum Gasteiger partial charge on any atom is -0.337 e. The molecule has 0 radical (unpaired) electrons. The van der Waals surface area contributed by atoms with Gasteiger partial charge in [-0.15, -0.1) is 5.10 Å². The highest BCUT2D eigenvalue weighted by Crippen LogP contribution is 2.10. The van der Waals surface area contributed by atoms with Crippen LogP contribution in [0.3, 0.4) is 0 Å². The Morgan fingerprint density at radius 1 is 1.50 bits per heavy atom. The van der Waals surface area contributed by atoms with Gasteiger partial charge in [0.2, 0.25) is 0 Å². The normalized spacial score (nSPS) is 12.2. The van der Waals surface area contributed by atoms with Crippen LogP contribution in [0, 0.1) is 6.92 Å². The van der Waals surface area contributed by atoms with E-state index in [1.807, 2.05) is 26.0 Å². The second-order valence-corrected chi connectivity index (χ2v) is 5.45. The number of nitrogens with zero attached hydrogens (tertiary/aromatic N) is 5. The molecule has 0 aliphatic rings. The maximum absolute atomic E-state index is 12.4. The molecule has 2 rings (SSSR count). The topological polar surface area (TPSA) is 89.9 Å². The second kappa shape index (κ2) is 7.13. The number of likely N-dealkylation sites (N-methyl/N-ethyl adjacent to an activating group) is 1. The molecule has 0 saturated heterocycles. The van der Waals surface area contributed by atoms with Gasteiger partial charge in [-0.25, -0.2) is 0 Å². The number of hydrogen-bond donors (Lipinski definition) is 1. The third kappa shape index (κ3) is 3.88. The van der Waals surface area contributed by atoms with Gasteiger partial charge in [0.1, 0.15) is 0 Å². The summed E-state index contributed by atoms with van der Waals surface area (Å²) in [6, 6.07) is 4.01. The van der Waals surface area contributed by atoms with E-state index >= 15 is 0 Å². The van der Waals surface area contributed by atoms with Crippen LogP contribution in [0.25, 0.3) is 0 Å². The summed E-state index contributed by atoms with van der Waals surface area (Å²) < 4.78 is 1.58. The first kappa shape index (κ1) is 16.1. The maximum Gasteiger partial charge on any atom is 0.276 e. The van der Waals surface area contributed by atoms with Crippen molar-refractivity contribution in [3.8, 4) is 0 Å². The van der Waals surface area contributed by atoms with E-state index in [0.717, 1.165) is 11.3 Å². The highest BCUT2D eigenvalue weighted by atomic mass is 16.2. The molecule has 2 heterocycles. The summed E-state index contributed by atoms with van der Waals surface area (Å²) in [5.74, 6) is -0.150. The predicted molar refractivity (Wildman–Crippen MR) is 83.3 cm³/mol. The Hall–Kier alpha value is -2.28. The summed E-state index contributed by atoms with van der Waals surface area (Å²) in [6.07, 6.45) is 4.11. The molecule has 118 valence electrons. The van der Waals surface area contributed by atoms with Crippen molar-refractivity contribution in [3.63, 3.8) is 0 Å². The van der Waals surface area contributed by atoms with E-state index in [1.165, 1.54) is 0 Å². The van der Waals surface area contributed by atoms with Crippen LogP contribution in [-0.4, -0.2) is 50.4 Å². The van der Waals surface area contributed by atoms with Gasteiger partial charge in [-0.05, 0) is 31.5 Å². The number of pyridine rings is 1. The predicted octanol–water partition coefficient (Wildman–Crippen LogP) is 0.643. The Morgan fingerprint density at radius 2 is 2.27 bits per heavy atom. The van der Waals surface area contributed by atoms with Crippen LogP contribution in [0.4, 0.5) is 0 Å². The van der Waals surface area contributed by atoms with Crippen molar-refractivity contribution in [2.75, 3.05) is 13.6 Å². The molecule has 0 saturated carbocycles.